The average molecular weight is 175 g/mol. The van der Waals surface area contributed by atoms with E-state index in [0.29, 0.717) is 11.8 Å². The van der Waals surface area contributed by atoms with E-state index in [0.717, 1.165) is 0 Å². The fourth-order valence-corrected chi connectivity index (χ4v) is 0.804. The van der Waals surface area contributed by atoms with Gasteiger partial charge in [0.25, 0.3) is 3.91 Å². The summed E-state index contributed by atoms with van der Waals surface area (Å²) in [6.45, 7) is 0. The van der Waals surface area contributed by atoms with Gasteiger partial charge in [0.2, 0.25) is 5.50 Å². The van der Waals surface area contributed by atoms with Gasteiger partial charge in [-0.3, -0.25) is 0 Å². The molecule has 0 aliphatic carbocycles. The van der Waals surface area contributed by atoms with Crippen molar-refractivity contribution in [3.05, 3.63) is 0 Å². The molecule has 0 amide bonds. The van der Waals surface area contributed by atoms with E-state index in [4.69, 9.17) is 0 Å². The quantitative estimate of drug-likeness (QED) is 0.401. The van der Waals surface area contributed by atoms with Crippen molar-refractivity contribution in [1.29, 1.82) is 0 Å². The average Bonchev–Trinajstić information content (AvgIpc) is 1.73. The van der Waals surface area contributed by atoms with Crippen LogP contribution < -0.4 is 0 Å². The van der Waals surface area contributed by atoms with Gasteiger partial charge < -0.3 is 0 Å². The van der Waals surface area contributed by atoms with E-state index in [2.05, 4.69) is 15.9 Å². The smallest absolute Gasteiger partial charge is 0.230 e. The monoisotopic (exact) mass is 174 g/mol. The number of alkyl halides is 3. The van der Waals surface area contributed by atoms with Crippen molar-refractivity contribution in [2.24, 2.45) is 0 Å². The lowest BCUT2D eigenvalue weighted by Gasteiger charge is -1.77. The molecule has 0 N–H and O–H groups in total. The first-order valence-electron chi connectivity index (χ1n) is 1.32. The summed E-state index contributed by atoms with van der Waals surface area (Å²) in [6.07, 6.45) is 0. The van der Waals surface area contributed by atoms with Gasteiger partial charge in [0, 0.05) is 0 Å². The Bertz CT molecular complexity index is 73.9. The van der Waals surface area contributed by atoms with Crippen LogP contribution in [-0.2, 0) is 0 Å². The molecule has 6 heavy (non-hydrogen) atoms. The minimum Gasteiger partial charge on any atom is -0.230 e. The van der Waals surface area contributed by atoms with Crippen LogP contribution in [0.5, 0.6) is 0 Å². The Kier molecular flexibility index (Phi) is 0.883. The second-order valence-corrected chi connectivity index (χ2v) is 3.92. The Morgan fingerprint density at radius 3 is 2.00 bits per heavy atom. The normalized spacial score (nSPS) is 55.5. The van der Waals surface area contributed by atoms with Crippen LogP contribution in [0.1, 0.15) is 0 Å². The first-order chi connectivity index (χ1) is 2.63. The molecule has 0 bridgehead atoms. The van der Waals surface area contributed by atoms with E-state index in [1.54, 1.807) is 0 Å². The largest absolute Gasteiger partial charge is 0.253 e. The zero-order valence-electron chi connectivity index (χ0n) is 2.62. The van der Waals surface area contributed by atoms with E-state index in [1.165, 1.54) is 0 Å². The standard InChI is InChI=1S/C2HBrF2S/c3-2(5)1(4)6-2/h1H. The molecule has 36 valence electrons. The maximum Gasteiger partial charge on any atom is 0.253 e. The second-order valence-electron chi connectivity index (χ2n) is 0.996. The van der Waals surface area contributed by atoms with Gasteiger partial charge in [0.05, 0.1) is 0 Å². The SMILES string of the molecule is FC1SC1(F)Br. The van der Waals surface area contributed by atoms with E-state index in [9.17, 15) is 8.78 Å². The molecule has 1 heterocycles. The Labute approximate surface area is 46.4 Å². The summed E-state index contributed by atoms with van der Waals surface area (Å²) >= 11 is 3.10. The van der Waals surface area contributed by atoms with Gasteiger partial charge in [-0.1, -0.05) is 11.8 Å². The number of halogens is 3. The molecule has 1 aliphatic rings. The summed E-state index contributed by atoms with van der Waals surface area (Å²) in [4.78, 5) is 0. The summed E-state index contributed by atoms with van der Waals surface area (Å²) in [5, 5.41) is 0. The molecule has 0 aromatic rings. The summed E-state index contributed by atoms with van der Waals surface area (Å²) in [7, 11) is 0. The molecule has 1 rings (SSSR count). The van der Waals surface area contributed by atoms with Crippen LogP contribution in [0.25, 0.3) is 0 Å². The summed E-state index contributed by atoms with van der Waals surface area (Å²) in [5.74, 6) is 0. The lowest BCUT2D eigenvalue weighted by molar-refractivity contribution is 0.351. The fourth-order valence-electron chi connectivity index (χ4n) is 0.104. The van der Waals surface area contributed by atoms with E-state index < -0.39 is 9.41 Å². The van der Waals surface area contributed by atoms with Crippen LogP contribution in [0.15, 0.2) is 0 Å². The van der Waals surface area contributed by atoms with Crippen LogP contribution in [0.2, 0.25) is 0 Å². The molecule has 0 spiro atoms. The Morgan fingerprint density at radius 1 is 1.83 bits per heavy atom. The Hall–Kier alpha value is 0.690. The van der Waals surface area contributed by atoms with Crippen molar-refractivity contribution in [3.8, 4) is 0 Å². The van der Waals surface area contributed by atoms with Crippen LogP contribution in [0.4, 0.5) is 8.78 Å². The molecule has 0 nitrogen and oxygen atoms in total. The van der Waals surface area contributed by atoms with Crippen LogP contribution in [0, 0.1) is 0 Å². The highest BCUT2D eigenvalue weighted by Gasteiger charge is 2.56. The zero-order valence-corrected chi connectivity index (χ0v) is 5.02. The lowest BCUT2D eigenvalue weighted by atomic mass is 10.9. The molecular weight excluding hydrogens is 174 g/mol. The van der Waals surface area contributed by atoms with E-state index in [-0.39, 0.29) is 0 Å². The maximum atomic E-state index is 11.7. The summed E-state index contributed by atoms with van der Waals surface area (Å²) in [6, 6.07) is 0. The Balaban J connectivity index is 2.41. The highest BCUT2D eigenvalue weighted by atomic mass is 79.9. The molecule has 0 aromatic carbocycles. The maximum absolute atomic E-state index is 11.7. The molecule has 0 aromatic heterocycles. The predicted octanol–water partition coefficient (Wildman–Crippen LogP) is 2.05. The van der Waals surface area contributed by atoms with Crippen LogP contribution in [0.3, 0.4) is 0 Å². The molecule has 1 saturated heterocycles. The predicted molar refractivity (Wildman–Crippen MR) is 25.3 cm³/mol. The number of thioether (sulfide) groups is 1. The van der Waals surface area contributed by atoms with Crippen molar-refractivity contribution >= 4 is 27.7 Å². The molecule has 2 unspecified atom stereocenters. The number of hydrogen-bond acceptors (Lipinski definition) is 1. The molecular formula is C2HBrF2S. The van der Waals surface area contributed by atoms with Crippen molar-refractivity contribution in [2.45, 2.75) is 9.41 Å². The molecule has 0 radical (unpaired) electrons. The minimum atomic E-state index is -1.73. The lowest BCUT2D eigenvalue weighted by Crippen LogP contribution is -1.86. The highest BCUT2D eigenvalue weighted by Crippen LogP contribution is 2.60. The number of rotatable bonds is 0. The zero-order chi connectivity index (χ0) is 4.78. The van der Waals surface area contributed by atoms with Crippen LogP contribution >= 0.6 is 27.7 Å². The van der Waals surface area contributed by atoms with Crippen molar-refractivity contribution < 1.29 is 8.78 Å². The van der Waals surface area contributed by atoms with Gasteiger partial charge in [-0.05, 0) is 15.9 Å². The Morgan fingerprint density at radius 2 is 2.00 bits per heavy atom. The van der Waals surface area contributed by atoms with Crippen molar-refractivity contribution in [3.63, 3.8) is 0 Å². The number of hydrogen-bond donors (Lipinski definition) is 0. The minimum absolute atomic E-state index is 0.632. The molecule has 4 heteroatoms. The van der Waals surface area contributed by atoms with Crippen molar-refractivity contribution in [1.82, 2.24) is 0 Å². The van der Waals surface area contributed by atoms with Gasteiger partial charge >= 0.3 is 0 Å². The van der Waals surface area contributed by atoms with Gasteiger partial charge in [-0.25, -0.2) is 8.78 Å². The summed E-state index contributed by atoms with van der Waals surface area (Å²) < 4.78 is 21.4. The highest BCUT2D eigenvalue weighted by molar-refractivity contribution is 9.12. The van der Waals surface area contributed by atoms with Gasteiger partial charge in [0.1, 0.15) is 0 Å². The molecule has 2 atom stereocenters. The topological polar surface area (TPSA) is 0 Å². The van der Waals surface area contributed by atoms with Gasteiger partial charge in [-0.2, -0.15) is 0 Å². The molecule has 1 aliphatic heterocycles. The first-order valence-corrected chi connectivity index (χ1v) is 3.00. The van der Waals surface area contributed by atoms with E-state index in [1.807, 2.05) is 0 Å². The molecule has 1 fully saturated rings. The first kappa shape index (κ1) is 4.84. The molecule has 0 saturated carbocycles. The third-order valence-corrected chi connectivity index (χ3v) is 2.53. The fraction of sp³-hybridized carbons (Fsp3) is 1.00. The summed E-state index contributed by atoms with van der Waals surface area (Å²) in [5.41, 5.74) is -1.34. The third-order valence-electron chi connectivity index (χ3n) is 0.468. The van der Waals surface area contributed by atoms with Crippen molar-refractivity contribution in [2.75, 3.05) is 0 Å². The third kappa shape index (κ3) is 0.680. The van der Waals surface area contributed by atoms with E-state index >= 15 is 0 Å². The van der Waals surface area contributed by atoms with Gasteiger partial charge in [0.15, 0.2) is 0 Å². The second kappa shape index (κ2) is 1.10. The van der Waals surface area contributed by atoms with Crippen LogP contribution in [-0.4, -0.2) is 9.41 Å². The van der Waals surface area contributed by atoms with Gasteiger partial charge in [-0.15, -0.1) is 0 Å².